The molecule has 32 heavy (non-hydrogen) atoms. The molecule has 4 aromatic rings. The number of H-pyrrole nitrogens is 1. The summed E-state index contributed by atoms with van der Waals surface area (Å²) in [6.45, 7) is 0. The minimum Gasteiger partial charge on any atom is -0.345 e. The third kappa shape index (κ3) is 3.30. The van der Waals surface area contributed by atoms with Crippen molar-refractivity contribution in [2.45, 2.75) is 12.6 Å². The van der Waals surface area contributed by atoms with Crippen molar-refractivity contribution in [2.75, 3.05) is 19.4 Å². The van der Waals surface area contributed by atoms with Gasteiger partial charge in [-0.3, -0.25) is 14.7 Å². The van der Waals surface area contributed by atoms with E-state index in [1.165, 1.54) is 36.5 Å². The fourth-order valence-corrected chi connectivity index (χ4v) is 4.80. The summed E-state index contributed by atoms with van der Waals surface area (Å²) in [5.74, 6) is -2.37. The molecule has 11 heteroatoms. The van der Waals surface area contributed by atoms with Crippen LogP contribution in [0.25, 0.3) is 32.2 Å². The fraction of sp³-hybridized carbons (Fsp3) is 0.238. The quantitative estimate of drug-likeness (QED) is 0.450. The van der Waals surface area contributed by atoms with E-state index in [0.29, 0.717) is 27.2 Å². The summed E-state index contributed by atoms with van der Waals surface area (Å²) in [6, 6.07) is 5.23. The molecule has 2 aromatic carbocycles. The lowest BCUT2D eigenvalue weighted by Gasteiger charge is -2.15. The van der Waals surface area contributed by atoms with E-state index < -0.39 is 23.8 Å². The lowest BCUT2D eigenvalue weighted by Crippen LogP contribution is -2.23. The Bertz CT molecular complexity index is 1420. The van der Waals surface area contributed by atoms with E-state index in [2.05, 4.69) is 20.5 Å². The molecule has 2 N–H and O–H groups in total. The normalized spacial score (nSPS) is 17.7. The Balaban J connectivity index is 1.59. The van der Waals surface area contributed by atoms with Gasteiger partial charge in [0, 0.05) is 25.0 Å². The van der Waals surface area contributed by atoms with Gasteiger partial charge in [0.05, 0.1) is 32.9 Å². The molecular weight excluding hydrogens is 460 g/mol. The molecule has 2 atom stereocenters. The average Bonchev–Trinajstić information content (AvgIpc) is 3.11. The summed E-state index contributed by atoms with van der Waals surface area (Å²) < 4.78 is 29.1. The molecule has 0 saturated heterocycles. The van der Waals surface area contributed by atoms with Gasteiger partial charge in [0.2, 0.25) is 5.91 Å². The number of carbonyl (C=O) groups excluding carboxylic acids is 2. The predicted molar refractivity (Wildman–Crippen MR) is 119 cm³/mol. The molecule has 2 aromatic heterocycles. The smallest absolute Gasteiger partial charge is 0.258 e. The van der Waals surface area contributed by atoms with Gasteiger partial charge in [0.1, 0.15) is 11.7 Å². The third-order valence-electron chi connectivity index (χ3n) is 5.37. The third-order valence-corrected chi connectivity index (χ3v) is 6.66. The second kappa shape index (κ2) is 7.49. The highest BCUT2D eigenvalue weighted by Crippen LogP contribution is 2.41. The molecule has 164 valence electrons. The molecular formula is C21H16ClF2N5O2S. The van der Waals surface area contributed by atoms with Crippen LogP contribution in [0.15, 0.2) is 24.4 Å². The topological polar surface area (TPSA) is 91.0 Å². The predicted octanol–water partition coefficient (Wildman–Crippen LogP) is 4.63. The maximum atomic E-state index is 15.2. The second-order valence-corrected chi connectivity index (χ2v) is 9.19. The minimum absolute atomic E-state index is 0.175. The van der Waals surface area contributed by atoms with E-state index in [-0.39, 0.29) is 28.4 Å². The van der Waals surface area contributed by atoms with Gasteiger partial charge >= 0.3 is 0 Å². The highest BCUT2D eigenvalue weighted by molar-refractivity contribution is 7.22. The molecule has 0 unspecified atom stereocenters. The van der Waals surface area contributed by atoms with Crippen LogP contribution in [0.5, 0.6) is 0 Å². The first-order chi connectivity index (χ1) is 15.3. The largest absolute Gasteiger partial charge is 0.345 e. The number of hydrogen-bond donors (Lipinski definition) is 2. The Morgan fingerprint density at radius 1 is 1.34 bits per heavy atom. The number of rotatable bonds is 4. The number of carbonyl (C=O) groups is 2. The monoisotopic (exact) mass is 475 g/mol. The summed E-state index contributed by atoms with van der Waals surface area (Å²) in [5, 5.41) is 10.0. The van der Waals surface area contributed by atoms with E-state index in [0.717, 1.165) is 4.70 Å². The molecule has 2 heterocycles. The standard InChI is InChI=1S/C21H16ClF2N5O2S/c1-29(2)20(31)15-17(24)16(22)14(10-7-25-28-18(10)15)8-3-4-12-13(5-8)32-21(26-12)27-19(30)9-6-11(9)23/h3-5,7,9,11H,6H2,1-2H3,(H,25,28)(H,26,27,30)/t9-,11+/m1/s1. The van der Waals surface area contributed by atoms with Gasteiger partial charge in [-0.2, -0.15) is 5.10 Å². The van der Waals surface area contributed by atoms with E-state index in [9.17, 15) is 14.0 Å². The van der Waals surface area contributed by atoms with Crippen molar-refractivity contribution < 1.29 is 18.4 Å². The van der Waals surface area contributed by atoms with Crippen molar-refractivity contribution in [3.8, 4) is 11.1 Å². The van der Waals surface area contributed by atoms with Gasteiger partial charge in [-0.1, -0.05) is 29.0 Å². The van der Waals surface area contributed by atoms with Crippen LogP contribution in [-0.2, 0) is 4.79 Å². The number of alkyl halides is 1. The van der Waals surface area contributed by atoms with Gasteiger partial charge in [-0.05, 0) is 24.1 Å². The molecule has 0 radical (unpaired) electrons. The number of benzene rings is 2. The molecule has 5 rings (SSSR count). The summed E-state index contributed by atoms with van der Waals surface area (Å²) in [6.07, 6.45) is 0.638. The molecule has 1 saturated carbocycles. The second-order valence-electron chi connectivity index (χ2n) is 7.79. The van der Waals surface area contributed by atoms with Gasteiger partial charge in [-0.15, -0.1) is 0 Å². The number of aromatic amines is 1. The number of fused-ring (bicyclic) bond motifs is 2. The summed E-state index contributed by atoms with van der Waals surface area (Å²) in [4.78, 5) is 30.2. The Morgan fingerprint density at radius 3 is 2.78 bits per heavy atom. The summed E-state index contributed by atoms with van der Waals surface area (Å²) in [5.41, 5.74) is 1.70. The first-order valence-electron chi connectivity index (χ1n) is 9.67. The minimum atomic E-state index is -1.09. The fourth-order valence-electron chi connectivity index (χ4n) is 3.59. The van der Waals surface area contributed by atoms with Crippen LogP contribution in [0, 0.1) is 11.7 Å². The van der Waals surface area contributed by atoms with Crippen molar-refractivity contribution in [3.05, 3.63) is 40.8 Å². The van der Waals surface area contributed by atoms with Crippen molar-refractivity contribution in [1.82, 2.24) is 20.1 Å². The number of nitrogens with one attached hydrogen (secondary N) is 2. The maximum Gasteiger partial charge on any atom is 0.258 e. The van der Waals surface area contributed by atoms with E-state index in [1.807, 2.05) is 0 Å². The molecule has 7 nitrogen and oxygen atoms in total. The average molecular weight is 476 g/mol. The van der Waals surface area contributed by atoms with Crippen molar-refractivity contribution in [3.63, 3.8) is 0 Å². The molecule has 0 bridgehead atoms. The molecule has 2 amide bonds. The molecule has 0 spiro atoms. The van der Waals surface area contributed by atoms with Crippen LogP contribution in [0.1, 0.15) is 16.8 Å². The zero-order valence-electron chi connectivity index (χ0n) is 16.9. The number of thiazole rings is 1. The highest BCUT2D eigenvalue weighted by atomic mass is 35.5. The van der Waals surface area contributed by atoms with Gasteiger partial charge in [0.15, 0.2) is 10.9 Å². The lowest BCUT2D eigenvalue weighted by atomic mass is 9.98. The SMILES string of the molecule is CN(C)C(=O)c1c(F)c(Cl)c(-c2ccc3nc(NC(=O)[C@@H]4C[C@@H]4F)sc3c2)c2cn[nH]c12. The van der Waals surface area contributed by atoms with Crippen molar-refractivity contribution >= 4 is 61.0 Å². The maximum absolute atomic E-state index is 15.2. The zero-order chi connectivity index (χ0) is 22.7. The van der Waals surface area contributed by atoms with Gasteiger partial charge < -0.3 is 10.2 Å². The number of amides is 2. The Labute approximate surface area is 189 Å². The summed E-state index contributed by atoms with van der Waals surface area (Å²) in [7, 11) is 3.05. The van der Waals surface area contributed by atoms with Crippen LogP contribution in [0.3, 0.4) is 0 Å². The lowest BCUT2D eigenvalue weighted by molar-refractivity contribution is -0.117. The Hall–Kier alpha value is -3.11. The molecule has 1 aliphatic carbocycles. The van der Waals surface area contributed by atoms with Crippen LogP contribution in [0.4, 0.5) is 13.9 Å². The Kier molecular flexibility index (Phi) is 4.86. The first-order valence-corrected chi connectivity index (χ1v) is 10.9. The van der Waals surface area contributed by atoms with E-state index >= 15 is 4.39 Å². The Morgan fingerprint density at radius 2 is 2.09 bits per heavy atom. The van der Waals surface area contributed by atoms with Crippen molar-refractivity contribution in [1.29, 1.82) is 0 Å². The van der Waals surface area contributed by atoms with Crippen LogP contribution in [0.2, 0.25) is 5.02 Å². The van der Waals surface area contributed by atoms with E-state index in [1.54, 1.807) is 18.2 Å². The van der Waals surface area contributed by atoms with E-state index in [4.69, 9.17) is 11.6 Å². The van der Waals surface area contributed by atoms with Crippen LogP contribution >= 0.6 is 22.9 Å². The number of anilines is 1. The van der Waals surface area contributed by atoms with Crippen LogP contribution < -0.4 is 5.32 Å². The molecule has 1 fully saturated rings. The number of nitrogens with zero attached hydrogens (tertiary/aromatic N) is 3. The first kappa shape index (κ1) is 20.8. The molecule has 1 aliphatic rings. The number of halogens is 3. The zero-order valence-corrected chi connectivity index (χ0v) is 18.4. The highest BCUT2D eigenvalue weighted by Gasteiger charge is 2.43. The molecule has 0 aliphatic heterocycles. The number of aromatic nitrogens is 3. The van der Waals surface area contributed by atoms with Gasteiger partial charge in [0.25, 0.3) is 5.91 Å². The van der Waals surface area contributed by atoms with Crippen molar-refractivity contribution in [2.24, 2.45) is 5.92 Å². The van der Waals surface area contributed by atoms with Gasteiger partial charge in [-0.25, -0.2) is 13.8 Å². The summed E-state index contributed by atoms with van der Waals surface area (Å²) >= 11 is 7.63. The number of hydrogen-bond acceptors (Lipinski definition) is 5. The van der Waals surface area contributed by atoms with Crippen LogP contribution in [-0.4, -0.2) is 52.2 Å².